The topological polar surface area (TPSA) is 70.1 Å². The highest BCUT2D eigenvalue weighted by Crippen LogP contribution is 2.42. The molecular formula is C16H25N3O. The third-order valence-corrected chi connectivity index (χ3v) is 5.04. The van der Waals surface area contributed by atoms with Crippen molar-refractivity contribution in [3.63, 3.8) is 0 Å². The second-order valence-electron chi connectivity index (χ2n) is 6.40. The molecule has 2 aliphatic rings. The molecule has 2 fully saturated rings. The minimum Gasteiger partial charge on any atom is -0.328 e. The van der Waals surface area contributed by atoms with E-state index < -0.39 is 6.04 Å². The molecule has 0 aliphatic heterocycles. The molecule has 2 saturated carbocycles. The first-order valence-corrected chi connectivity index (χ1v) is 7.59. The summed E-state index contributed by atoms with van der Waals surface area (Å²) in [6, 6.07) is 1.34. The molecule has 2 atom stereocenters. The highest BCUT2D eigenvalue weighted by Gasteiger charge is 2.42. The Balaban J connectivity index is 2.04. The zero-order chi connectivity index (χ0) is 14.8. The summed E-state index contributed by atoms with van der Waals surface area (Å²) >= 11 is 0. The Morgan fingerprint density at radius 1 is 1.55 bits per heavy atom. The van der Waals surface area contributed by atoms with Crippen LogP contribution in [0.25, 0.3) is 0 Å². The fourth-order valence-corrected chi connectivity index (χ4v) is 3.26. The molecule has 2 N–H and O–H groups in total. The van der Waals surface area contributed by atoms with Gasteiger partial charge in [-0.3, -0.25) is 4.79 Å². The lowest BCUT2D eigenvalue weighted by Gasteiger charge is -2.35. The summed E-state index contributed by atoms with van der Waals surface area (Å²) in [5.41, 5.74) is 5.96. The predicted molar refractivity (Wildman–Crippen MR) is 78.6 cm³/mol. The van der Waals surface area contributed by atoms with Crippen molar-refractivity contribution in [3.05, 3.63) is 12.7 Å². The summed E-state index contributed by atoms with van der Waals surface area (Å²) in [7, 11) is 1.71. The number of nitriles is 1. The van der Waals surface area contributed by atoms with Crippen molar-refractivity contribution in [2.45, 2.75) is 57.0 Å². The van der Waals surface area contributed by atoms with Crippen LogP contribution in [0.1, 0.15) is 44.9 Å². The van der Waals surface area contributed by atoms with E-state index >= 15 is 0 Å². The average molecular weight is 275 g/mol. The van der Waals surface area contributed by atoms with Crippen LogP contribution in [-0.2, 0) is 4.79 Å². The highest BCUT2D eigenvalue weighted by molar-refractivity contribution is 5.83. The largest absolute Gasteiger partial charge is 0.328 e. The average Bonchev–Trinajstić information content (AvgIpc) is 3.16. The van der Waals surface area contributed by atoms with Gasteiger partial charge < -0.3 is 10.6 Å². The molecule has 2 aliphatic carbocycles. The van der Waals surface area contributed by atoms with E-state index in [0.717, 1.165) is 32.1 Å². The lowest BCUT2D eigenvalue weighted by Crippen LogP contribution is -2.53. The van der Waals surface area contributed by atoms with E-state index in [4.69, 9.17) is 5.73 Å². The molecule has 2 rings (SSSR count). The number of carbonyl (C=O) groups excluding carboxylic acids is 1. The van der Waals surface area contributed by atoms with Crippen molar-refractivity contribution in [2.24, 2.45) is 17.1 Å². The van der Waals surface area contributed by atoms with Crippen LogP contribution >= 0.6 is 0 Å². The number of amides is 1. The van der Waals surface area contributed by atoms with Crippen LogP contribution < -0.4 is 5.73 Å². The second-order valence-corrected chi connectivity index (χ2v) is 6.40. The molecule has 0 spiro atoms. The molecule has 0 bridgehead atoms. The first-order valence-electron chi connectivity index (χ1n) is 7.59. The predicted octanol–water partition coefficient (Wildman–Crippen LogP) is 2.21. The summed E-state index contributed by atoms with van der Waals surface area (Å²) < 4.78 is 0. The summed E-state index contributed by atoms with van der Waals surface area (Å²) in [6.07, 6.45) is 9.06. The van der Waals surface area contributed by atoms with E-state index in [9.17, 15) is 10.1 Å². The van der Waals surface area contributed by atoms with Crippen molar-refractivity contribution in [1.29, 1.82) is 5.26 Å². The number of carbonyl (C=O) groups is 1. The Hall–Kier alpha value is -1.34. The van der Waals surface area contributed by atoms with Crippen LogP contribution in [0.2, 0.25) is 0 Å². The Bertz CT molecular complexity index is 416. The van der Waals surface area contributed by atoms with Gasteiger partial charge in [0.1, 0.15) is 6.04 Å². The van der Waals surface area contributed by atoms with Crippen molar-refractivity contribution in [3.8, 4) is 6.07 Å². The van der Waals surface area contributed by atoms with Crippen LogP contribution in [0, 0.1) is 22.7 Å². The van der Waals surface area contributed by atoms with Crippen LogP contribution in [0.4, 0.5) is 0 Å². The minimum absolute atomic E-state index is 0.112. The van der Waals surface area contributed by atoms with Gasteiger partial charge in [-0.15, -0.1) is 6.58 Å². The summed E-state index contributed by atoms with van der Waals surface area (Å²) in [6.45, 7) is 3.89. The summed E-state index contributed by atoms with van der Waals surface area (Å²) in [5.74, 6) is 0.505. The first kappa shape index (κ1) is 15.1. The van der Waals surface area contributed by atoms with E-state index in [1.165, 1.54) is 12.8 Å². The third kappa shape index (κ3) is 2.88. The molecule has 0 aromatic heterocycles. The Kier molecular flexibility index (Phi) is 4.49. The summed E-state index contributed by atoms with van der Waals surface area (Å²) in [4.78, 5) is 14.2. The first-order chi connectivity index (χ1) is 9.54. The number of hydrogen-bond donors (Lipinski definition) is 1. The maximum atomic E-state index is 12.6. The molecule has 1 amide bonds. The number of rotatable bonds is 6. The smallest absolute Gasteiger partial charge is 0.241 e. The SMILES string of the molecule is C=CC1([C@H](N)C(=O)N(C)C(C#N)CC2CC2)CCCC1. The lowest BCUT2D eigenvalue weighted by molar-refractivity contribution is -0.134. The maximum Gasteiger partial charge on any atom is 0.241 e. The van der Waals surface area contributed by atoms with E-state index in [1.54, 1.807) is 11.9 Å². The van der Waals surface area contributed by atoms with Crippen molar-refractivity contribution in [1.82, 2.24) is 4.90 Å². The fraction of sp³-hybridized carbons (Fsp3) is 0.750. The molecule has 0 heterocycles. The molecule has 1 unspecified atom stereocenters. The second kappa shape index (κ2) is 5.97. The molecule has 4 nitrogen and oxygen atoms in total. The van der Waals surface area contributed by atoms with Crippen molar-refractivity contribution >= 4 is 5.91 Å². The van der Waals surface area contributed by atoms with Gasteiger partial charge in [0.05, 0.1) is 12.1 Å². The molecular weight excluding hydrogens is 250 g/mol. The minimum atomic E-state index is -0.567. The Labute approximate surface area is 121 Å². The zero-order valence-electron chi connectivity index (χ0n) is 12.3. The van der Waals surface area contributed by atoms with Gasteiger partial charge >= 0.3 is 0 Å². The van der Waals surface area contributed by atoms with Crippen molar-refractivity contribution < 1.29 is 4.79 Å². The maximum absolute atomic E-state index is 12.6. The monoisotopic (exact) mass is 275 g/mol. The van der Waals surface area contributed by atoms with Gasteiger partial charge in [-0.05, 0) is 25.2 Å². The lowest BCUT2D eigenvalue weighted by atomic mass is 9.78. The third-order valence-electron chi connectivity index (χ3n) is 5.04. The van der Waals surface area contributed by atoms with E-state index in [-0.39, 0.29) is 17.4 Å². The van der Waals surface area contributed by atoms with Crippen molar-refractivity contribution in [2.75, 3.05) is 7.05 Å². The van der Waals surface area contributed by atoms with Gasteiger partial charge in [0.25, 0.3) is 0 Å². The molecule has 110 valence electrons. The van der Waals surface area contributed by atoms with Gasteiger partial charge in [-0.25, -0.2) is 0 Å². The van der Waals surface area contributed by atoms with Crippen LogP contribution in [0.5, 0.6) is 0 Å². The highest BCUT2D eigenvalue weighted by atomic mass is 16.2. The Morgan fingerprint density at radius 3 is 2.60 bits per heavy atom. The molecule has 20 heavy (non-hydrogen) atoms. The quantitative estimate of drug-likeness (QED) is 0.755. The number of likely N-dealkylation sites (N-methyl/N-ethyl adjacent to an activating group) is 1. The van der Waals surface area contributed by atoms with Crippen LogP contribution in [-0.4, -0.2) is 29.9 Å². The van der Waals surface area contributed by atoms with Gasteiger partial charge in [0.15, 0.2) is 0 Å². The van der Waals surface area contributed by atoms with Crippen LogP contribution in [0.15, 0.2) is 12.7 Å². The summed E-state index contributed by atoms with van der Waals surface area (Å²) in [5, 5.41) is 9.29. The van der Waals surface area contributed by atoms with Gasteiger partial charge in [-0.2, -0.15) is 5.26 Å². The van der Waals surface area contributed by atoms with Gasteiger partial charge in [0.2, 0.25) is 5.91 Å². The van der Waals surface area contributed by atoms with E-state index in [0.29, 0.717) is 5.92 Å². The van der Waals surface area contributed by atoms with E-state index in [2.05, 4.69) is 12.6 Å². The Morgan fingerprint density at radius 2 is 2.15 bits per heavy atom. The van der Waals surface area contributed by atoms with Crippen LogP contribution in [0.3, 0.4) is 0 Å². The zero-order valence-corrected chi connectivity index (χ0v) is 12.3. The van der Waals surface area contributed by atoms with Gasteiger partial charge in [0, 0.05) is 12.5 Å². The van der Waals surface area contributed by atoms with Gasteiger partial charge in [-0.1, -0.05) is 31.8 Å². The molecule has 0 aromatic rings. The number of nitrogens with two attached hydrogens (primary N) is 1. The molecule has 0 saturated heterocycles. The molecule has 4 heteroatoms. The molecule has 0 radical (unpaired) electrons. The fourth-order valence-electron chi connectivity index (χ4n) is 3.26. The standard InChI is InChI=1S/C16H25N3O/c1-3-16(8-4-5-9-16)14(18)15(20)19(2)13(11-17)10-12-6-7-12/h3,12-14H,1,4-10,18H2,2H3/t13?,14-/m1/s1. The number of hydrogen-bond acceptors (Lipinski definition) is 3. The normalized spacial score (nSPS) is 23.6. The molecule has 0 aromatic carbocycles. The number of nitrogens with zero attached hydrogens (tertiary/aromatic N) is 2. The van der Waals surface area contributed by atoms with E-state index in [1.807, 2.05) is 6.08 Å².